The first-order valence-corrected chi connectivity index (χ1v) is 9.45. The standard InChI is InChI=1S/C18H20F2N2O2S/c1-13-3-6-16(20)11-18(13)25(23,24)22-10-9-21(2)17(12-22)14-4-7-15(19)8-5-14/h3-8,11,17H,9-10,12H2,1-2H3. The van der Waals surface area contributed by atoms with Crippen molar-refractivity contribution >= 4 is 10.0 Å². The molecule has 1 aliphatic rings. The first kappa shape index (κ1) is 18.0. The van der Waals surface area contributed by atoms with Gasteiger partial charge in [-0.05, 0) is 49.4 Å². The molecule has 1 aliphatic heterocycles. The smallest absolute Gasteiger partial charge is 0.243 e. The summed E-state index contributed by atoms with van der Waals surface area (Å²) in [7, 11) is -1.89. The number of piperazine rings is 1. The molecule has 0 saturated carbocycles. The Hall–Kier alpha value is -1.83. The van der Waals surface area contributed by atoms with Crippen molar-refractivity contribution in [1.82, 2.24) is 9.21 Å². The van der Waals surface area contributed by atoms with E-state index in [-0.39, 0.29) is 23.3 Å². The molecule has 7 heteroatoms. The zero-order chi connectivity index (χ0) is 18.2. The maximum absolute atomic E-state index is 13.6. The Morgan fingerprint density at radius 1 is 1.00 bits per heavy atom. The number of halogens is 2. The number of hydrogen-bond donors (Lipinski definition) is 0. The third-order valence-electron chi connectivity index (χ3n) is 4.63. The van der Waals surface area contributed by atoms with Gasteiger partial charge in [0.05, 0.1) is 4.90 Å². The molecule has 1 heterocycles. The van der Waals surface area contributed by atoms with Gasteiger partial charge in [0.2, 0.25) is 10.0 Å². The molecule has 1 unspecified atom stereocenters. The summed E-state index contributed by atoms with van der Waals surface area (Å²) in [5.41, 5.74) is 1.36. The lowest BCUT2D eigenvalue weighted by molar-refractivity contribution is 0.148. The van der Waals surface area contributed by atoms with Crippen LogP contribution in [0.1, 0.15) is 17.2 Å². The summed E-state index contributed by atoms with van der Waals surface area (Å²) in [6.07, 6.45) is 0. The highest BCUT2D eigenvalue weighted by molar-refractivity contribution is 7.89. The lowest BCUT2D eigenvalue weighted by atomic mass is 10.0. The van der Waals surface area contributed by atoms with Crippen LogP contribution in [-0.2, 0) is 10.0 Å². The monoisotopic (exact) mass is 366 g/mol. The van der Waals surface area contributed by atoms with Crippen LogP contribution in [0.5, 0.6) is 0 Å². The van der Waals surface area contributed by atoms with E-state index in [9.17, 15) is 17.2 Å². The van der Waals surface area contributed by atoms with Crippen molar-refractivity contribution in [2.45, 2.75) is 17.9 Å². The van der Waals surface area contributed by atoms with Crippen LogP contribution in [0.3, 0.4) is 0 Å². The van der Waals surface area contributed by atoms with Crippen molar-refractivity contribution in [3.05, 3.63) is 65.2 Å². The van der Waals surface area contributed by atoms with Crippen LogP contribution in [0.2, 0.25) is 0 Å². The molecular formula is C18H20F2N2O2S. The summed E-state index contributed by atoms with van der Waals surface area (Å²) >= 11 is 0. The molecule has 2 aromatic rings. The highest BCUT2D eigenvalue weighted by Crippen LogP contribution is 2.29. The Morgan fingerprint density at radius 2 is 1.64 bits per heavy atom. The zero-order valence-electron chi connectivity index (χ0n) is 14.1. The van der Waals surface area contributed by atoms with Crippen molar-refractivity contribution in [1.29, 1.82) is 0 Å². The van der Waals surface area contributed by atoms with E-state index in [1.807, 2.05) is 11.9 Å². The molecule has 0 spiro atoms. The predicted octanol–water partition coefficient (Wildman–Crippen LogP) is 2.95. The molecule has 1 atom stereocenters. The molecule has 25 heavy (non-hydrogen) atoms. The predicted molar refractivity (Wildman–Crippen MR) is 91.7 cm³/mol. The molecule has 0 aromatic heterocycles. The van der Waals surface area contributed by atoms with Gasteiger partial charge in [-0.3, -0.25) is 4.90 Å². The van der Waals surface area contributed by atoms with Gasteiger partial charge in [-0.2, -0.15) is 4.31 Å². The van der Waals surface area contributed by atoms with Gasteiger partial charge in [-0.15, -0.1) is 0 Å². The number of nitrogens with zero attached hydrogens (tertiary/aromatic N) is 2. The normalized spacial score (nSPS) is 19.9. The largest absolute Gasteiger partial charge is 0.297 e. The summed E-state index contributed by atoms with van der Waals surface area (Å²) in [5, 5.41) is 0. The lowest BCUT2D eigenvalue weighted by Gasteiger charge is -2.39. The van der Waals surface area contributed by atoms with E-state index in [0.29, 0.717) is 18.7 Å². The van der Waals surface area contributed by atoms with E-state index in [2.05, 4.69) is 0 Å². The van der Waals surface area contributed by atoms with Gasteiger partial charge >= 0.3 is 0 Å². The van der Waals surface area contributed by atoms with Gasteiger partial charge in [0.25, 0.3) is 0 Å². The van der Waals surface area contributed by atoms with E-state index in [1.54, 1.807) is 19.1 Å². The highest BCUT2D eigenvalue weighted by atomic mass is 32.2. The first-order chi connectivity index (χ1) is 11.8. The van der Waals surface area contributed by atoms with Crippen molar-refractivity contribution in [3.8, 4) is 0 Å². The molecular weight excluding hydrogens is 346 g/mol. The van der Waals surface area contributed by atoms with Crippen LogP contribution < -0.4 is 0 Å². The topological polar surface area (TPSA) is 40.6 Å². The van der Waals surface area contributed by atoms with Crippen molar-refractivity contribution < 1.29 is 17.2 Å². The summed E-state index contributed by atoms with van der Waals surface area (Å²) in [6.45, 7) is 2.75. The highest BCUT2D eigenvalue weighted by Gasteiger charge is 2.34. The molecule has 0 radical (unpaired) electrons. The molecule has 1 saturated heterocycles. The molecule has 4 nitrogen and oxygen atoms in total. The molecule has 1 fully saturated rings. The quantitative estimate of drug-likeness (QED) is 0.839. The van der Waals surface area contributed by atoms with Gasteiger partial charge in [0, 0.05) is 25.7 Å². The molecule has 0 amide bonds. The average molecular weight is 366 g/mol. The number of likely N-dealkylation sites (N-methyl/N-ethyl adjacent to an activating group) is 1. The Kier molecular flexibility index (Phi) is 4.90. The summed E-state index contributed by atoms with van der Waals surface area (Å²) < 4.78 is 54.1. The molecule has 3 rings (SSSR count). The Labute approximate surface area is 146 Å². The average Bonchev–Trinajstić information content (AvgIpc) is 2.58. The summed E-state index contributed by atoms with van der Waals surface area (Å²) in [6, 6.07) is 9.67. The van der Waals surface area contributed by atoms with Crippen LogP contribution in [-0.4, -0.2) is 44.3 Å². The van der Waals surface area contributed by atoms with E-state index in [4.69, 9.17) is 0 Å². The number of sulfonamides is 1. The minimum Gasteiger partial charge on any atom is -0.297 e. The molecule has 0 aliphatic carbocycles. The van der Waals surface area contributed by atoms with Gasteiger partial charge in [-0.25, -0.2) is 17.2 Å². The maximum Gasteiger partial charge on any atom is 0.243 e. The van der Waals surface area contributed by atoms with Crippen molar-refractivity contribution in [2.75, 3.05) is 26.7 Å². The second-order valence-corrected chi connectivity index (χ2v) is 8.23. The Bertz CT molecular complexity index is 869. The maximum atomic E-state index is 13.6. The second-order valence-electron chi connectivity index (χ2n) is 6.32. The van der Waals surface area contributed by atoms with E-state index in [0.717, 1.165) is 11.6 Å². The summed E-state index contributed by atoms with van der Waals surface area (Å²) in [4.78, 5) is 2.03. The fourth-order valence-electron chi connectivity index (χ4n) is 3.10. The SMILES string of the molecule is Cc1ccc(F)cc1S(=O)(=O)N1CCN(C)C(c2ccc(F)cc2)C1. The Balaban J connectivity index is 1.92. The Morgan fingerprint density at radius 3 is 2.32 bits per heavy atom. The van der Waals surface area contributed by atoms with Crippen LogP contribution in [0, 0.1) is 18.6 Å². The zero-order valence-corrected chi connectivity index (χ0v) is 14.9. The molecule has 0 N–H and O–H groups in total. The number of rotatable bonds is 3. The molecule has 134 valence electrons. The van der Waals surface area contributed by atoms with E-state index < -0.39 is 15.8 Å². The third kappa shape index (κ3) is 3.58. The number of aryl methyl sites for hydroxylation is 1. The van der Waals surface area contributed by atoms with Gasteiger partial charge < -0.3 is 0 Å². The lowest BCUT2D eigenvalue weighted by Crippen LogP contribution is -2.49. The fourth-order valence-corrected chi connectivity index (χ4v) is 4.78. The van der Waals surface area contributed by atoms with Crippen molar-refractivity contribution in [3.63, 3.8) is 0 Å². The first-order valence-electron chi connectivity index (χ1n) is 8.01. The third-order valence-corrected chi connectivity index (χ3v) is 6.64. The van der Waals surface area contributed by atoms with Gasteiger partial charge in [0.1, 0.15) is 11.6 Å². The summed E-state index contributed by atoms with van der Waals surface area (Å²) in [5.74, 6) is -0.907. The number of hydrogen-bond acceptors (Lipinski definition) is 3. The van der Waals surface area contributed by atoms with E-state index >= 15 is 0 Å². The van der Waals surface area contributed by atoms with Crippen LogP contribution in [0.15, 0.2) is 47.4 Å². The molecule has 0 bridgehead atoms. The van der Waals surface area contributed by atoms with Gasteiger partial charge in [0.15, 0.2) is 0 Å². The van der Waals surface area contributed by atoms with Crippen LogP contribution >= 0.6 is 0 Å². The van der Waals surface area contributed by atoms with E-state index in [1.165, 1.54) is 28.6 Å². The van der Waals surface area contributed by atoms with Gasteiger partial charge in [-0.1, -0.05) is 18.2 Å². The fraction of sp³-hybridized carbons (Fsp3) is 0.333. The molecule has 2 aromatic carbocycles. The van der Waals surface area contributed by atoms with Crippen LogP contribution in [0.25, 0.3) is 0 Å². The number of benzene rings is 2. The second kappa shape index (κ2) is 6.82. The minimum atomic E-state index is -3.80. The van der Waals surface area contributed by atoms with Crippen molar-refractivity contribution in [2.24, 2.45) is 0 Å². The van der Waals surface area contributed by atoms with Crippen LogP contribution in [0.4, 0.5) is 8.78 Å². The minimum absolute atomic E-state index is 0.00471.